The monoisotopic (exact) mass is 222 g/mol. The molecule has 1 rings (SSSR count). The molecule has 0 aliphatic carbocycles. The van der Waals surface area contributed by atoms with Crippen molar-refractivity contribution in [3.63, 3.8) is 0 Å². The van der Waals surface area contributed by atoms with Gasteiger partial charge in [0.05, 0.1) is 5.56 Å². The molecule has 0 bridgehead atoms. The van der Waals surface area contributed by atoms with Crippen molar-refractivity contribution in [2.75, 3.05) is 18.4 Å². The SMILES string of the molecule is Cc1ccc(C(=O)O)cc1NCCCCN. The van der Waals surface area contributed by atoms with E-state index in [0.717, 1.165) is 30.6 Å². The molecule has 4 nitrogen and oxygen atoms in total. The zero-order valence-corrected chi connectivity index (χ0v) is 9.49. The van der Waals surface area contributed by atoms with E-state index >= 15 is 0 Å². The predicted molar refractivity (Wildman–Crippen MR) is 64.9 cm³/mol. The minimum Gasteiger partial charge on any atom is -0.478 e. The molecule has 16 heavy (non-hydrogen) atoms. The molecule has 0 saturated carbocycles. The number of rotatable bonds is 6. The van der Waals surface area contributed by atoms with E-state index in [1.807, 2.05) is 13.0 Å². The standard InChI is InChI=1S/C12H18N2O2/c1-9-4-5-10(12(15)16)8-11(9)14-7-3-2-6-13/h4-5,8,14H,2-3,6-7,13H2,1H3,(H,15,16). The van der Waals surface area contributed by atoms with E-state index in [2.05, 4.69) is 5.32 Å². The molecule has 1 aromatic carbocycles. The molecule has 0 heterocycles. The quantitative estimate of drug-likeness (QED) is 0.642. The lowest BCUT2D eigenvalue weighted by atomic mass is 10.1. The largest absolute Gasteiger partial charge is 0.478 e. The Hall–Kier alpha value is -1.55. The Morgan fingerprint density at radius 1 is 1.44 bits per heavy atom. The van der Waals surface area contributed by atoms with Crippen molar-refractivity contribution in [1.29, 1.82) is 0 Å². The van der Waals surface area contributed by atoms with Gasteiger partial charge in [-0.3, -0.25) is 0 Å². The summed E-state index contributed by atoms with van der Waals surface area (Å²) in [5.41, 5.74) is 7.65. The number of carboxylic acids is 1. The maximum Gasteiger partial charge on any atom is 0.335 e. The molecule has 0 fully saturated rings. The van der Waals surface area contributed by atoms with Crippen molar-refractivity contribution in [3.05, 3.63) is 29.3 Å². The minimum absolute atomic E-state index is 0.312. The second-order valence-electron chi connectivity index (χ2n) is 3.76. The first kappa shape index (κ1) is 12.5. The zero-order valence-electron chi connectivity index (χ0n) is 9.49. The lowest BCUT2D eigenvalue weighted by Gasteiger charge is -2.10. The summed E-state index contributed by atoms with van der Waals surface area (Å²) < 4.78 is 0. The summed E-state index contributed by atoms with van der Waals surface area (Å²) in [4.78, 5) is 10.8. The van der Waals surface area contributed by atoms with Crippen molar-refractivity contribution in [3.8, 4) is 0 Å². The molecule has 4 N–H and O–H groups in total. The molecule has 88 valence electrons. The van der Waals surface area contributed by atoms with Gasteiger partial charge in [0.2, 0.25) is 0 Å². The first-order chi connectivity index (χ1) is 7.65. The second kappa shape index (κ2) is 6.12. The van der Waals surface area contributed by atoms with Crippen LogP contribution >= 0.6 is 0 Å². The smallest absolute Gasteiger partial charge is 0.335 e. The minimum atomic E-state index is -0.898. The average Bonchev–Trinajstić information content (AvgIpc) is 2.26. The van der Waals surface area contributed by atoms with Crippen LogP contribution in [0, 0.1) is 6.92 Å². The highest BCUT2D eigenvalue weighted by atomic mass is 16.4. The lowest BCUT2D eigenvalue weighted by molar-refractivity contribution is 0.0697. The number of anilines is 1. The van der Waals surface area contributed by atoms with Gasteiger partial charge in [0.25, 0.3) is 0 Å². The highest BCUT2D eigenvalue weighted by molar-refractivity contribution is 5.89. The highest BCUT2D eigenvalue weighted by Crippen LogP contribution is 2.16. The van der Waals surface area contributed by atoms with Gasteiger partial charge < -0.3 is 16.2 Å². The molecule has 1 aromatic rings. The first-order valence-electron chi connectivity index (χ1n) is 5.43. The number of unbranched alkanes of at least 4 members (excludes halogenated alkanes) is 1. The maximum atomic E-state index is 10.8. The van der Waals surface area contributed by atoms with Gasteiger partial charge in [-0.05, 0) is 44.0 Å². The third-order valence-electron chi connectivity index (χ3n) is 2.43. The number of carbonyl (C=O) groups is 1. The van der Waals surface area contributed by atoms with Crippen molar-refractivity contribution in [1.82, 2.24) is 0 Å². The molecule has 0 saturated heterocycles. The summed E-state index contributed by atoms with van der Waals surface area (Å²) in [5, 5.41) is 12.1. The van der Waals surface area contributed by atoms with Crippen molar-refractivity contribution in [2.24, 2.45) is 5.73 Å². The van der Waals surface area contributed by atoms with Crippen LogP contribution in [0.4, 0.5) is 5.69 Å². The molecule has 0 atom stereocenters. The zero-order chi connectivity index (χ0) is 12.0. The molecule has 0 aliphatic heterocycles. The van der Waals surface area contributed by atoms with Crippen LogP contribution in [0.5, 0.6) is 0 Å². The molecule has 0 spiro atoms. The van der Waals surface area contributed by atoms with Crippen LogP contribution in [0.3, 0.4) is 0 Å². The van der Waals surface area contributed by atoms with Gasteiger partial charge in [0.1, 0.15) is 0 Å². The van der Waals surface area contributed by atoms with Crippen LogP contribution in [-0.4, -0.2) is 24.2 Å². The predicted octanol–water partition coefficient (Wildman–Crippen LogP) is 1.84. The molecular weight excluding hydrogens is 204 g/mol. The van der Waals surface area contributed by atoms with Crippen LogP contribution in [-0.2, 0) is 0 Å². The Labute approximate surface area is 95.5 Å². The lowest BCUT2D eigenvalue weighted by Crippen LogP contribution is -2.07. The number of aromatic carboxylic acids is 1. The van der Waals surface area contributed by atoms with Crippen molar-refractivity contribution >= 4 is 11.7 Å². The van der Waals surface area contributed by atoms with Gasteiger partial charge in [-0.1, -0.05) is 6.07 Å². The second-order valence-corrected chi connectivity index (χ2v) is 3.76. The summed E-state index contributed by atoms with van der Waals surface area (Å²) in [6.45, 7) is 3.47. The third kappa shape index (κ3) is 3.55. The van der Waals surface area contributed by atoms with Gasteiger partial charge in [0, 0.05) is 12.2 Å². The van der Waals surface area contributed by atoms with E-state index in [1.165, 1.54) is 0 Å². The van der Waals surface area contributed by atoms with E-state index in [0.29, 0.717) is 12.1 Å². The molecular formula is C12H18N2O2. The Bertz CT molecular complexity index is 364. The number of benzene rings is 1. The van der Waals surface area contributed by atoms with Crippen LogP contribution in [0.15, 0.2) is 18.2 Å². The van der Waals surface area contributed by atoms with Gasteiger partial charge in [-0.2, -0.15) is 0 Å². The fraction of sp³-hybridized carbons (Fsp3) is 0.417. The van der Waals surface area contributed by atoms with E-state index < -0.39 is 5.97 Å². The highest BCUT2D eigenvalue weighted by Gasteiger charge is 2.05. The molecule has 0 aromatic heterocycles. The summed E-state index contributed by atoms with van der Waals surface area (Å²) in [6.07, 6.45) is 1.97. The number of aryl methyl sites for hydroxylation is 1. The maximum absolute atomic E-state index is 10.8. The van der Waals surface area contributed by atoms with E-state index in [9.17, 15) is 4.79 Å². The average molecular weight is 222 g/mol. The Balaban J connectivity index is 2.63. The van der Waals surface area contributed by atoms with E-state index in [4.69, 9.17) is 10.8 Å². The van der Waals surface area contributed by atoms with Crippen molar-refractivity contribution in [2.45, 2.75) is 19.8 Å². The van der Waals surface area contributed by atoms with Crippen molar-refractivity contribution < 1.29 is 9.90 Å². The Morgan fingerprint density at radius 2 is 2.19 bits per heavy atom. The molecule has 0 amide bonds. The van der Waals surface area contributed by atoms with Gasteiger partial charge in [0.15, 0.2) is 0 Å². The first-order valence-corrected chi connectivity index (χ1v) is 5.43. The number of hydrogen-bond donors (Lipinski definition) is 3. The fourth-order valence-corrected chi connectivity index (χ4v) is 1.44. The molecule has 4 heteroatoms. The van der Waals surface area contributed by atoms with Gasteiger partial charge >= 0.3 is 5.97 Å². The van der Waals surface area contributed by atoms with Crippen LogP contribution in [0.2, 0.25) is 0 Å². The summed E-state index contributed by atoms with van der Waals surface area (Å²) in [5.74, 6) is -0.898. The van der Waals surface area contributed by atoms with Crippen LogP contribution in [0.1, 0.15) is 28.8 Å². The molecule has 0 aliphatic rings. The molecule has 0 radical (unpaired) electrons. The fourth-order valence-electron chi connectivity index (χ4n) is 1.44. The number of nitrogens with two attached hydrogens (primary N) is 1. The van der Waals surface area contributed by atoms with E-state index in [1.54, 1.807) is 12.1 Å². The normalized spacial score (nSPS) is 10.1. The Morgan fingerprint density at radius 3 is 2.81 bits per heavy atom. The van der Waals surface area contributed by atoms with Crippen LogP contribution < -0.4 is 11.1 Å². The number of carboxylic acid groups (broad SMARTS) is 1. The number of hydrogen-bond acceptors (Lipinski definition) is 3. The van der Waals surface area contributed by atoms with Gasteiger partial charge in [-0.15, -0.1) is 0 Å². The Kier molecular flexibility index (Phi) is 4.79. The van der Waals surface area contributed by atoms with Gasteiger partial charge in [-0.25, -0.2) is 4.79 Å². The summed E-state index contributed by atoms with van der Waals surface area (Å²) in [7, 11) is 0. The summed E-state index contributed by atoms with van der Waals surface area (Å²) in [6, 6.07) is 5.09. The van der Waals surface area contributed by atoms with E-state index in [-0.39, 0.29) is 0 Å². The topological polar surface area (TPSA) is 75.3 Å². The number of nitrogens with one attached hydrogen (secondary N) is 1. The summed E-state index contributed by atoms with van der Waals surface area (Å²) >= 11 is 0. The molecule has 0 unspecified atom stereocenters. The third-order valence-corrected chi connectivity index (χ3v) is 2.43. The van der Waals surface area contributed by atoms with Crippen LogP contribution in [0.25, 0.3) is 0 Å².